The fourth-order valence-electron chi connectivity index (χ4n) is 2.91. The Labute approximate surface area is 164 Å². The molecular weight excluding hydrogens is 356 g/mol. The van der Waals surface area contributed by atoms with E-state index in [4.69, 9.17) is 13.9 Å². The summed E-state index contributed by atoms with van der Waals surface area (Å²) in [5.74, 6) is 1.20. The third-order valence-corrected chi connectivity index (χ3v) is 4.34. The molecule has 0 aliphatic rings. The van der Waals surface area contributed by atoms with E-state index in [1.54, 1.807) is 6.92 Å². The molecule has 0 aliphatic carbocycles. The summed E-state index contributed by atoms with van der Waals surface area (Å²) in [4.78, 5) is 12.1. The zero-order valence-corrected chi connectivity index (χ0v) is 16.5. The molecule has 0 saturated heterocycles. The molecule has 0 radical (unpaired) electrons. The van der Waals surface area contributed by atoms with Crippen LogP contribution in [0.15, 0.2) is 52.9 Å². The second-order valence-corrected chi connectivity index (χ2v) is 6.91. The Hall–Kier alpha value is -3.15. The average Bonchev–Trinajstić information content (AvgIpc) is 3.17. The van der Waals surface area contributed by atoms with Crippen LogP contribution in [0.4, 0.5) is 0 Å². The van der Waals surface area contributed by atoms with Crippen LogP contribution in [0.2, 0.25) is 0 Å². The first-order valence-corrected chi connectivity index (χ1v) is 9.25. The number of benzene rings is 2. The number of carbonyl (C=O) groups excluding carboxylic acids is 1. The molecule has 28 heavy (non-hydrogen) atoms. The maximum atomic E-state index is 12.1. The zero-order chi connectivity index (χ0) is 20.1. The maximum Gasteiger partial charge on any atom is 0.344 e. The number of hydrogen-bond donors (Lipinski definition) is 0. The highest BCUT2D eigenvalue weighted by Crippen LogP contribution is 2.24. The second kappa shape index (κ2) is 8.69. The van der Waals surface area contributed by atoms with Crippen LogP contribution in [0.1, 0.15) is 49.8 Å². The Balaban J connectivity index is 1.55. The van der Waals surface area contributed by atoms with Gasteiger partial charge in [-0.15, -0.1) is 10.2 Å². The fraction of sp³-hybridized carbons (Fsp3) is 0.318. The number of esters is 1. The highest BCUT2D eigenvalue weighted by Gasteiger charge is 2.19. The first kappa shape index (κ1) is 19.6. The van der Waals surface area contributed by atoms with E-state index in [-0.39, 0.29) is 12.5 Å². The molecule has 2 aromatic carbocycles. The van der Waals surface area contributed by atoms with Crippen molar-refractivity contribution in [1.82, 2.24) is 10.2 Å². The van der Waals surface area contributed by atoms with E-state index in [0.29, 0.717) is 17.6 Å². The minimum Gasteiger partial charge on any atom is -0.482 e. The third kappa shape index (κ3) is 4.76. The fourth-order valence-corrected chi connectivity index (χ4v) is 2.91. The van der Waals surface area contributed by atoms with E-state index >= 15 is 0 Å². The molecule has 0 bridgehead atoms. The van der Waals surface area contributed by atoms with Gasteiger partial charge in [0.25, 0.3) is 5.89 Å². The molecule has 0 spiro atoms. The number of rotatable bonds is 7. The molecule has 3 aromatic rings. The van der Waals surface area contributed by atoms with Crippen LogP contribution in [0.3, 0.4) is 0 Å². The van der Waals surface area contributed by atoms with E-state index in [2.05, 4.69) is 24.0 Å². The van der Waals surface area contributed by atoms with Crippen molar-refractivity contribution >= 4 is 5.97 Å². The Morgan fingerprint density at radius 3 is 2.50 bits per heavy atom. The minimum absolute atomic E-state index is 0.190. The third-order valence-electron chi connectivity index (χ3n) is 4.34. The molecular formula is C22H24N2O4. The molecule has 1 atom stereocenters. The zero-order valence-electron chi connectivity index (χ0n) is 16.5. The lowest BCUT2D eigenvalue weighted by Gasteiger charge is -2.13. The van der Waals surface area contributed by atoms with E-state index in [0.717, 1.165) is 11.1 Å². The molecule has 3 rings (SSSR count). The van der Waals surface area contributed by atoms with Gasteiger partial charge in [0.15, 0.2) is 12.7 Å². The van der Waals surface area contributed by atoms with Crippen molar-refractivity contribution in [3.63, 3.8) is 0 Å². The molecule has 1 aromatic heterocycles. The van der Waals surface area contributed by atoms with Gasteiger partial charge in [-0.25, -0.2) is 4.79 Å². The van der Waals surface area contributed by atoms with Gasteiger partial charge in [-0.05, 0) is 55.2 Å². The van der Waals surface area contributed by atoms with Gasteiger partial charge in [0.1, 0.15) is 5.75 Å². The summed E-state index contributed by atoms with van der Waals surface area (Å²) in [6.45, 7) is 7.81. The molecule has 146 valence electrons. The van der Waals surface area contributed by atoms with E-state index in [9.17, 15) is 4.79 Å². The van der Waals surface area contributed by atoms with Gasteiger partial charge in [-0.3, -0.25) is 0 Å². The molecule has 0 aliphatic heterocycles. The van der Waals surface area contributed by atoms with Crippen LogP contribution < -0.4 is 4.74 Å². The molecule has 0 amide bonds. The van der Waals surface area contributed by atoms with E-state index in [1.807, 2.05) is 55.5 Å². The molecule has 1 heterocycles. The highest BCUT2D eigenvalue weighted by molar-refractivity contribution is 5.71. The summed E-state index contributed by atoms with van der Waals surface area (Å²) in [5.41, 5.74) is 3.20. The van der Waals surface area contributed by atoms with E-state index < -0.39 is 12.1 Å². The van der Waals surface area contributed by atoms with Gasteiger partial charge in [0.2, 0.25) is 5.89 Å². The number of hydrogen-bond acceptors (Lipinski definition) is 6. The van der Waals surface area contributed by atoms with Crippen molar-refractivity contribution in [3.8, 4) is 17.2 Å². The van der Waals surface area contributed by atoms with Gasteiger partial charge in [-0.2, -0.15) is 0 Å². The summed E-state index contributed by atoms with van der Waals surface area (Å²) in [7, 11) is 0. The Morgan fingerprint density at radius 2 is 1.82 bits per heavy atom. The van der Waals surface area contributed by atoms with Crippen molar-refractivity contribution in [2.75, 3.05) is 6.61 Å². The van der Waals surface area contributed by atoms with Gasteiger partial charge < -0.3 is 13.9 Å². The maximum absolute atomic E-state index is 12.1. The molecule has 6 heteroatoms. The van der Waals surface area contributed by atoms with Crippen molar-refractivity contribution < 1.29 is 18.7 Å². The van der Waals surface area contributed by atoms with Crippen molar-refractivity contribution in [3.05, 3.63) is 65.5 Å². The predicted molar refractivity (Wildman–Crippen MR) is 105 cm³/mol. The van der Waals surface area contributed by atoms with Crippen LogP contribution in [0, 0.1) is 6.92 Å². The topological polar surface area (TPSA) is 74.5 Å². The Morgan fingerprint density at radius 1 is 1.07 bits per heavy atom. The predicted octanol–water partition coefficient (Wildman–Crippen LogP) is 4.85. The summed E-state index contributed by atoms with van der Waals surface area (Å²) in [5, 5.41) is 7.97. The second-order valence-electron chi connectivity index (χ2n) is 6.91. The summed E-state index contributed by atoms with van der Waals surface area (Å²) in [6.07, 6.45) is -0.661. The lowest BCUT2D eigenvalue weighted by Crippen LogP contribution is -2.17. The first-order valence-electron chi connectivity index (χ1n) is 9.25. The minimum atomic E-state index is -0.661. The molecule has 0 unspecified atom stereocenters. The number of carbonyl (C=O) groups is 1. The van der Waals surface area contributed by atoms with Crippen LogP contribution in [-0.4, -0.2) is 22.8 Å². The Bertz CT molecular complexity index is 935. The normalized spacial score (nSPS) is 12.0. The van der Waals surface area contributed by atoms with Crippen molar-refractivity contribution in [2.24, 2.45) is 0 Å². The molecule has 6 nitrogen and oxygen atoms in total. The standard InChI is InChI=1S/C22H24N2O4/c1-14(2)19-11-10-18(12-15(19)3)26-13-20(25)27-16(4)21-23-24-22(28-21)17-8-6-5-7-9-17/h5-12,14,16H,13H2,1-4H3/t16-/m0/s1. The van der Waals surface area contributed by atoms with Crippen molar-refractivity contribution in [2.45, 2.75) is 39.7 Å². The number of nitrogens with zero attached hydrogens (tertiary/aromatic N) is 2. The largest absolute Gasteiger partial charge is 0.482 e. The SMILES string of the molecule is Cc1cc(OCC(=O)O[C@@H](C)c2nnc(-c3ccccc3)o2)ccc1C(C)C. The summed E-state index contributed by atoms with van der Waals surface area (Å²) in [6, 6.07) is 15.2. The summed E-state index contributed by atoms with van der Waals surface area (Å²) < 4.78 is 16.5. The lowest BCUT2D eigenvalue weighted by atomic mass is 9.98. The van der Waals surface area contributed by atoms with Crippen LogP contribution >= 0.6 is 0 Å². The van der Waals surface area contributed by atoms with Crippen LogP contribution in [0.25, 0.3) is 11.5 Å². The lowest BCUT2D eigenvalue weighted by molar-refractivity contribution is -0.152. The smallest absolute Gasteiger partial charge is 0.344 e. The first-order chi connectivity index (χ1) is 13.4. The number of aromatic nitrogens is 2. The number of aryl methyl sites for hydroxylation is 1. The van der Waals surface area contributed by atoms with Crippen LogP contribution in [0.5, 0.6) is 5.75 Å². The highest BCUT2D eigenvalue weighted by atomic mass is 16.6. The molecule has 0 N–H and O–H groups in total. The van der Waals surface area contributed by atoms with Crippen molar-refractivity contribution in [1.29, 1.82) is 0 Å². The quantitative estimate of drug-likeness (QED) is 0.545. The van der Waals surface area contributed by atoms with Gasteiger partial charge in [0, 0.05) is 5.56 Å². The van der Waals surface area contributed by atoms with Gasteiger partial charge >= 0.3 is 5.97 Å². The molecule has 0 saturated carbocycles. The van der Waals surface area contributed by atoms with E-state index in [1.165, 1.54) is 5.56 Å². The monoisotopic (exact) mass is 380 g/mol. The van der Waals surface area contributed by atoms with Crippen LogP contribution in [-0.2, 0) is 9.53 Å². The molecule has 0 fully saturated rings. The average molecular weight is 380 g/mol. The number of ether oxygens (including phenoxy) is 2. The Kier molecular flexibility index (Phi) is 6.09. The van der Waals surface area contributed by atoms with Gasteiger partial charge in [0.05, 0.1) is 0 Å². The summed E-state index contributed by atoms with van der Waals surface area (Å²) >= 11 is 0. The van der Waals surface area contributed by atoms with Gasteiger partial charge in [-0.1, -0.05) is 38.1 Å².